The molecule has 3 heteroatoms. The van der Waals surface area contributed by atoms with Crippen LogP contribution in [0.25, 0.3) is 11.0 Å². The third kappa shape index (κ3) is 2.18. The number of rotatable bonds is 4. The highest BCUT2D eigenvalue weighted by molar-refractivity contribution is 5.78. The molecule has 0 aliphatic carbocycles. The van der Waals surface area contributed by atoms with Crippen molar-refractivity contribution < 1.29 is 4.74 Å². The van der Waals surface area contributed by atoms with E-state index in [1.165, 1.54) is 5.56 Å². The van der Waals surface area contributed by atoms with Crippen LogP contribution in [-0.2, 0) is 11.2 Å². The molecule has 1 heterocycles. The summed E-state index contributed by atoms with van der Waals surface area (Å²) in [5, 5.41) is 0. The maximum absolute atomic E-state index is 5.02. The quantitative estimate of drug-likeness (QED) is 0.777. The van der Waals surface area contributed by atoms with E-state index in [9.17, 15) is 0 Å². The zero-order chi connectivity index (χ0) is 10.7. The van der Waals surface area contributed by atoms with Crippen LogP contribution >= 0.6 is 0 Å². The second-order valence-corrected chi connectivity index (χ2v) is 3.75. The number of para-hydroxylation sites is 1. The number of nitrogens with zero attached hydrogens (tertiary/aromatic N) is 1. The van der Waals surface area contributed by atoms with E-state index < -0.39 is 0 Å². The molecule has 0 atom stereocenters. The number of methoxy groups -OCH3 is 1. The summed E-state index contributed by atoms with van der Waals surface area (Å²) in [6.07, 6.45) is 1.96. The first-order valence-corrected chi connectivity index (χ1v) is 5.24. The number of aromatic nitrogens is 2. The summed E-state index contributed by atoms with van der Waals surface area (Å²) in [5.74, 6) is 1.05. The lowest BCUT2D eigenvalue weighted by Gasteiger charge is -1.95. The van der Waals surface area contributed by atoms with Crippen LogP contribution in [0.15, 0.2) is 18.2 Å². The lowest BCUT2D eigenvalue weighted by Crippen LogP contribution is -1.93. The number of nitrogens with one attached hydrogen (secondary N) is 1. The standard InChI is InChI=1S/C12H16N2O/c1-9-5-3-6-10-12(9)14-11(13-10)7-4-8-15-2/h3,5-6H,4,7-8H2,1-2H3,(H,13,14). The topological polar surface area (TPSA) is 37.9 Å². The second kappa shape index (κ2) is 4.45. The molecule has 0 spiro atoms. The Labute approximate surface area is 89.5 Å². The van der Waals surface area contributed by atoms with Gasteiger partial charge in [0.15, 0.2) is 0 Å². The Hall–Kier alpha value is -1.35. The lowest BCUT2D eigenvalue weighted by atomic mass is 10.2. The van der Waals surface area contributed by atoms with Gasteiger partial charge in [0.05, 0.1) is 11.0 Å². The van der Waals surface area contributed by atoms with Crippen molar-refractivity contribution >= 4 is 11.0 Å². The van der Waals surface area contributed by atoms with Crippen LogP contribution in [-0.4, -0.2) is 23.7 Å². The third-order valence-corrected chi connectivity index (χ3v) is 2.53. The van der Waals surface area contributed by atoms with Crippen LogP contribution in [0.5, 0.6) is 0 Å². The Morgan fingerprint density at radius 1 is 1.40 bits per heavy atom. The molecule has 0 saturated carbocycles. The highest BCUT2D eigenvalue weighted by Crippen LogP contribution is 2.15. The van der Waals surface area contributed by atoms with Crippen LogP contribution in [0.3, 0.4) is 0 Å². The van der Waals surface area contributed by atoms with Crippen LogP contribution < -0.4 is 0 Å². The van der Waals surface area contributed by atoms with Crippen molar-refractivity contribution in [2.45, 2.75) is 19.8 Å². The molecule has 1 N–H and O–H groups in total. The van der Waals surface area contributed by atoms with Crippen molar-refractivity contribution in [1.82, 2.24) is 9.97 Å². The maximum atomic E-state index is 5.02. The first-order valence-electron chi connectivity index (χ1n) is 5.24. The van der Waals surface area contributed by atoms with Gasteiger partial charge in [-0.15, -0.1) is 0 Å². The number of ether oxygens (including phenoxy) is 1. The summed E-state index contributed by atoms with van der Waals surface area (Å²) in [4.78, 5) is 7.90. The van der Waals surface area contributed by atoms with Gasteiger partial charge in [0, 0.05) is 20.1 Å². The molecule has 3 nitrogen and oxygen atoms in total. The predicted octanol–water partition coefficient (Wildman–Crippen LogP) is 2.45. The molecular formula is C12H16N2O. The van der Waals surface area contributed by atoms with E-state index in [1.54, 1.807) is 7.11 Å². The minimum atomic E-state index is 0.788. The molecular weight excluding hydrogens is 188 g/mol. The summed E-state index contributed by atoms with van der Waals surface area (Å²) in [5.41, 5.74) is 3.44. The van der Waals surface area contributed by atoms with E-state index in [4.69, 9.17) is 4.74 Å². The molecule has 15 heavy (non-hydrogen) atoms. The smallest absolute Gasteiger partial charge is 0.107 e. The van der Waals surface area contributed by atoms with Crippen LogP contribution in [0.2, 0.25) is 0 Å². The SMILES string of the molecule is COCCCc1nc2c(C)cccc2[nH]1. The van der Waals surface area contributed by atoms with E-state index in [0.717, 1.165) is 36.3 Å². The highest BCUT2D eigenvalue weighted by Gasteiger charge is 2.03. The molecule has 0 amide bonds. The Bertz CT molecular complexity index is 448. The average Bonchev–Trinajstić information content (AvgIpc) is 2.63. The van der Waals surface area contributed by atoms with Crippen LogP contribution in [0, 0.1) is 6.92 Å². The molecule has 0 radical (unpaired) electrons. The van der Waals surface area contributed by atoms with Crippen molar-refractivity contribution in [2.75, 3.05) is 13.7 Å². The fraction of sp³-hybridized carbons (Fsp3) is 0.417. The number of H-pyrrole nitrogens is 1. The summed E-state index contributed by atoms with van der Waals surface area (Å²) < 4.78 is 5.02. The van der Waals surface area contributed by atoms with Crippen molar-refractivity contribution in [1.29, 1.82) is 0 Å². The number of aromatic amines is 1. The van der Waals surface area contributed by atoms with Gasteiger partial charge in [-0.3, -0.25) is 0 Å². The molecule has 0 aliphatic heterocycles. The number of imidazole rings is 1. The summed E-state index contributed by atoms with van der Waals surface area (Å²) in [7, 11) is 1.72. The Kier molecular flexibility index (Phi) is 3.02. The zero-order valence-electron chi connectivity index (χ0n) is 9.21. The Morgan fingerprint density at radius 3 is 3.00 bits per heavy atom. The minimum Gasteiger partial charge on any atom is -0.385 e. The molecule has 0 unspecified atom stereocenters. The van der Waals surface area contributed by atoms with E-state index in [1.807, 2.05) is 0 Å². The Balaban J connectivity index is 2.20. The van der Waals surface area contributed by atoms with E-state index in [-0.39, 0.29) is 0 Å². The highest BCUT2D eigenvalue weighted by atomic mass is 16.5. The number of hydrogen-bond acceptors (Lipinski definition) is 2. The first-order chi connectivity index (χ1) is 7.31. The fourth-order valence-corrected chi connectivity index (χ4v) is 1.73. The van der Waals surface area contributed by atoms with Gasteiger partial charge in [0.1, 0.15) is 5.82 Å². The monoisotopic (exact) mass is 204 g/mol. The number of aryl methyl sites for hydroxylation is 2. The molecule has 1 aromatic heterocycles. The summed E-state index contributed by atoms with van der Waals surface area (Å²) in [6, 6.07) is 6.20. The molecule has 0 bridgehead atoms. The normalized spacial score (nSPS) is 11.1. The minimum absolute atomic E-state index is 0.788. The van der Waals surface area contributed by atoms with E-state index in [2.05, 4.69) is 35.1 Å². The van der Waals surface area contributed by atoms with E-state index >= 15 is 0 Å². The summed E-state index contributed by atoms with van der Waals surface area (Å²) in [6.45, 7) is 2.87. The number of benzene rings is 1. The van der Waals surface area contributed by atoms with E-state index in [0.29, 0.717) is 0 Å². The average molecular weight is 204 g/mol. The molecule has 0 fully saturated rings. The van der Waals surface area contributed by atoms with Crippen LogP contribution in [0.4, 0.5) is 0 Å². The van der Waals surface area contributed by atoms with Crippen molar-refractivity contribution in [3.63, 3.8) is 0 Å². The second-order valence-electron chi connectivity index (χ2n) is 3.75. The molecule has 80 valence electrons. The van der Waals surface area contributed by atoms with Crippen LogP contribution in [0.1, 0.15) is 17.8 Å². The lowest BCUT2D eigenvalue weighted by molar-refractivity contribution is 0.194. The zero-order valence-corrected chi connectivity index (χ0v) is 9.21. The Morgan fingerprint density at radius 2 is 2.27 bits per heavy atom. The van der Waals surface area contributed by atoms with Crippen molar-refractivity contribution in [3.05, 3.63) is 29.6 Å². The molecule has 0 saturated heterocycles. The van der Waals surface area contributed by atoms with Gasteiger partial charge in [0.2, 0.25) is 0 Å². The van der Waals surface area contributed by atoms with Gasteiger partial charge in [-0.1, -0.05) is 12.1 Å². The third-order valence-electron chi connectivity index (χ3n) is 2.53. The number of fused-ring (bicyclic) bond motifs is 1. The van der Waals surface area contributed by atoms with Gasteiger partial charge < -0.3 is 9.72 Å². The molecule has 2 rings (SSSR count). The molecule has 1 aromatic carbocycles. The summed E-state index contributed by atoms with van der Waals surface area (Å²) >= 11 is 0. The number of hydrogen-bond donors (Lipinski definition) is 1. The van der Waals surface area contributed by atoms with Gasteiger partial charge in [-0.25, -0.2) is 4.98 Å². The molecule has 0 aliphatic rings. The van der Waals surface area contributed by atoms with Crippen molar-refractivity contribution in [3.8, 4) is 0 Å². The van der Waals surface area contributed by atoms with Crippen molar-refractivity contribution in [2.24, 2.45) is 0 Å². The van der Waals surface area contributed by atoms with Gasteiger partial charge >= 0.3 is 0 Å². The maximum Gasteiger partial charge on any atom is 0.107 e. The predicted molar refractivity (Wildman–Crippen MR) is 61.0 cm³/mol. The largest absolute Gasteiger partial charge is 0.385 e. The first kappa shape index (κ1) is 10.2. The molecule has 2 aromatic rings. The fourth-order valence-electron chi connectivity index (χ4n) is 1.73. The van der Waals surface area contributed by atoms with Gasteiger partial charge in [0.25, 0.3) is 0 Å². The van der Waals surface area contributed by atoms with Gasteiger partial charge in [-0.05, 0) is 25.0 Å². The van der Waals surface area contributed by atoms with Gasteiger partial charge in [-0.2, -0.15) is 0 Å².